The van der Waals surface area contributed by atoms with Crippen LogP contribution >= 0.6 is 0 Å². The first kappa shape index (κ1) is 13.6. The Morgan fingerprint density at radius 2 is 2.28 bits per heavy atom. The van der Waals surface area contributed by atoms with Crippen LogP contribution in [0.2, 0.25) is 0 Å². The van der Waals surface area contributed by atoms with Gasteiger partial charge < -0.3 is 9.73 Å². The maximum absolute atomic E-state index is 5.34. The van der Waals surface area contributed by atoms with Crippen LogP contribution in [0.25, 0.3) is 0 Å². The maximum Gasteiger partial charge on any atom is 0.105 e. The van der Waals surface area contributed by atoms with Crippen molar-refractivity contribution in [3.8, 4) is 0 Å². The molecule has 0 spiro atoms. The molecule has 1 atom stereocenters. The molecule has 1 aliphatic rings. The quantitative estimate of drug-likeness (QED) is 0.719. The van der Waals surface area contributed by atoms with Crippen molar-refractivity contribution < 1.29 is 4.42 Å². The molecular formula is C15H26N2O. The summed E-state index contributed by atoms with van der Waals surface area (Å²) in [5, 5.41) is 3.57. The molecule has 102 valence electrons. The van der Waals surface area contributed by atoms with Crippen LogP contribution in [0.5, 0.6) is 0 Å². The highest BCUT2D eigenvalue weighted by molar-refractivity contribution is 5.15. The third kappa shape index (κ3) is 4.14. The molecule has 1 fully saturated rings. The van der Waals surface area contributed by atoms with Gasteiger partial charge in [0.2, 0.25) is 0 Å². The van der Waals surface area contributed by atoms with Gasteiger partial charge in [-0.15, -0.1) is 0 Å². The number of aryl methyl sites for hydroxylation is 1. The van der Waals surface area contributed by atoms with E-state index in [1.807, 2.05) is 6.92 Å². The molecule has 3 nitrogen and oxygen atoms in total. The lowest BCUT2D eigenvalue weighted by Crippen LogP contribution is -2.29. The first-order valence-corrected chi connectivity index (χ1v) is 7.13. The molecule has 0 radical (unpaired) electrons. The van der Waals surface area contributed by atoms with Crippen LogP contribution < -0.4 is 5.32 Å². The number of furan rings is 1. The van der Waals surface area contributed by atoms with Gasteiger partial charge in [-0.25, -0.2) is 0 Å². The highest BCUT2D eigenvalue weighted by Crippen LogP contribution is 2.19. The number of rotatable bonds is 8. The molecule has 1 heterocycles. The topological polar surface area (TPSA) is 28.4 Å². The van der Waals surface area contributed by atoms with Crippen LogP contribution in [-0.4, -0.2) is 30.6 Å². The van der Waals surface area contributed by atoms with Crippen LogP contribution in [0, 0.1) is 6.92 Å². The van der Waals surface area contributed by atoms with Gasteiger partial charge in [-0.05, 0) is 59.2 Å². The second-order valence-electron chi connectivity index (χ2n) is 5.64. The monoisotopic (exact) mass is 250 g/mol. The SMILES string of the molecule is Cc1occc1CN(C)C(C)CCCNC1CC1. The second kappa shape index (κ2) is 6.39. The molecule has 1 aliphatic carbocycles. The van der Waals surface area contributed by atoms with E-state index in [0.717, 1.165) is 18.3 Å². The van der Waals surface area contributed by atoms with E-state index in [0.29, 0.717) is 6.04 Å². The predicted octanol–water partition coefficient (Wildman–Crippen LogP) is 2.94. The lowest BCUT2D eigenvalue weighted by Gasteiger charge is -2.24. The molecule has 2 rings (SSSR count). The average molecular weight is 250 g/mol. The zero-order valence-electron chi connectivity index (χ0n) is 11.9. The van der Waals surface area contributed by atoms with Crippen molar-refractivity contribution >= 4 is 0 Å². The van der Waals surface area contributed by atoms with Crippen molar-refractivity contribution in [1.29, 1.82) is 0 Å². The fourth-order valence-electron chi connectivity index (χ4n) is 2.21. The first-order valence-electron chi connectivity index (χ1n) is 7.13. The number of hydrogen-bond acceptors (Lipinski definition) is 3. The minimum absolute atomic E-state index is 0.625. The summed E-state index contributed by atoms with van der Waals surface area (Å²) in [6, 6.07) is 3.54. The van der Waals surface area contributed by atoms with Crippen LogP contribution in [0.3, 0.4) is 0 Å². The number of nitrogens with one attached hydrogen (secondary N) is 1. The minimum atomic E-state index is 0.625. The summed E-state index contributed by atoms with van der Waals surface area (Å²) in [7, 11) is 2.20. The smallest absolute Gasteiger partial charge is 0.105 e. The van der Waals surface area contributed by atoms with Gasteiger partial charge in [0.1, 0.15) is 5.76 Å². The lowest BCUT2D eigenvalue weighted by molar-refractivity contribution is 0.233. The van der Waals surface area contributed by atoms with Crippen LogP contribution in [0.4, 0.5) is 0 Å². The van der Waals surface area contributed by atoms with Crippen LogP contribution in [0.15, 0.2) is 16.7 Å². The highest BCUT2D eigenvalue weighted by atomic mass is 16.3. The third-order valence-corrected chi connectivity index (χ3v) is 3.95. The molecule has 1 saturated carbocycles. The molecule has 18 heavy (non-hydrogen) atoms. The lowest BCUT2D eigenvalue weighted by atomic mass is 10.1. The Kier molecular flexibility index (Phi) is 4.84. The summed E-state index contributed by atoms with van der Waals surface area (Å²) in [5.41, 5.74) is 1.31. The Balaban J connectivity index is 1.64. The van der Waals surface area contributed by atoms with Crippen molar-refractivity contribution in [3.05, 3.63) is 23.7 Å². The molecule has 1 unspecified atom stereocenters. The van der Waals surface area contributed by atoms with Gasteiger partial charge in [0.15, 0.2) is 0 Å². The molecule has 0 amide bonds. The van der Waals surface area contributed by atoms with E-state index in [4.69, 9.17) is 4.42 Å². The third-order valence-electron chi connectivity index (χ3n) is 3.95. The normalized spacial score (nSPS) is 17.3. The molecule has 1 N–H and O–H groups in total. The van der Waals surface area contributed by atoms with Gasteiger partial charge in [0.05, 0.1) is 6.26 Å². The predicted molar refractivity (Wildman–Crippen MR) is 74.6 cm³/mol. The Morgan fingerprint density at radius 1 is 1.50 bits per heavy atom. The number of hydrogen-bond donors (Lipinski definition) is 1. The van der Waals surface area contributed by atoms with E-state index in [1.165, 1.54) is 37.8 Å². The fraction of sp³-hybridized carbons (Fsp3) is 0.733. The molecular weight excluding hydrogens is 224 g/mol. The van der Waals surface area contributed by atoms with Gasteiger partial charge in [-0.3, -0.25) is 4.90 Å². The first-order chi connectivity index (χ1) is 8.66. The van der Waals surface area contributed by atoms with Crippen molar-refractivity contribution in [2.24, 2.45) is 0 Å². The summed E-state index contributed by atoms with van der Waals surface area (Å²) in [6.45, 7) is 6.51. The Hall–Kier alpha value is -0.800. The Morgan fingerprint density at radius 3 is 2.89 bits per heavy atom. The summed E-state index contributed by atoms with van der Waals surface area (Å²) >= 11 is 0. The fourth-order valence-corrected chi connectivity index (χ4v) is 2.21. The van der Waals surface area contributed by atoms with Gasteiger partial charge in [0.25, 0.3) is 0 Å². The molecule has 0 aliphatic heterocycles. The molecule has 1 aromatic heterocycles. The van der Waals surface area contributed by atoms with Crippen molar-refractivity contribution in [2.75, 3.05) is 13.6 Å². The van der Waals surface area contributed by atoms with Gasteiger partial charge in [-0.2, -0.15) is 0 Å². The summed E-state index contributed by atoms with van der Waals surface area (Å²) in [6.07, 6.45) is 7.08. The van der Waals surface area contributed by atoms with Crippen LogP contribution in [0.1, 0.15) is 43.9 Å². The number of nitrogens with zero attached hydrogens (tertiary/aromatic N) is 1. The minimum Gasteiger partial charge on any atom is -0.469 e. The van der Waals surface area contributed by atoms with Gasteiger partial charge >= 0.3 is 0 Å². The van der Waals surface area contributed by atoms with Crippen molar-refractivity contribution in [2.45, 2.75) is 58.2 Å². The largest absolute Gasteiger partial charge is 0.469 e. The van der Waals surface area contributed by atoms with E-state index in [9.17, 15) is 0 Å². The van der Waals surface area contributed by atoms with Crippen molar-refractivity contribution in [1.82, 2.24) is 10.2 Å². The molecule has 0 saturated heterocycles. The highest BCUT2D eigenvalue weighted by Gasteiger charge is 2.19. The van der Waals surface area contributed by atoms with Gasteiger partial charge in [0, 0.05) is 24.2 Å². The van der Waals surface area contributed by atoms with Crippen LogP contribution in [-0.2, 0) is 6.54 Å². The maximum atomic E-state index is 5.34. The van der Waals surface area contributed by atoms with E-state index in [-0.39, 0.29) is 0 Å². The summed E-state index contributed by atoms with van der Waals surface area (Å²) in [4.78, 5) is 2.41. The zero-order chi connectivity index (χ0) is 13.0. The van der Waals surface area contributed by atoms with Gasteiger partial charge in [-0.1, -0.05) is 0 Å². The second-order valence-corrected chi connectivity index (χ2v) is 5.64. The zero-order valence-corrected chi connectivity index (χ0v) is 11.9. The molecule has 1 aromatic rings. The summed E-state index contributed by atoms with van der Waals surface area (Å²) in [5.74, 6) is 1.05. The van der Waals surface area contributed by atoms with Crippen molar-refractivity contribution in [3.63, 3.8) is 0 Å². The Bertz CT molecular complexity index is 357. The Labute approximate surface area is 111 Å². The molecule has 0 aromatic carbocycles. The molecule has 0 bridgehead atoms. The molecule has 3 heteroatoms. The summed E-state index contributed by atoms with van der Waals surface area (Å²) < 4.78 is 5.34. The van der Waals surface area contributed by atoms with E-state index < -0.39 is 0 Å². The standard InChI is InChI=1S/C15H26N2O/c1-12(5-4-9-16-15-6-7-15)17(3)11-14-8-10-18-13(14)2/h8,10,12,15-16H,4-7,9,11H2,1-3H3. The van der Waals surface area contributed by atoms with E-state index >= 15 is 0 Å². The average Bonchev–Trinajstić information content (AvgIpc) is 3.09. The van der Waals surface area contributed by atoms with E-state index in [1.54, 1.807) is 6.26 Å². The van der Waals surface area contributed by atoms with E-state index in [2.05, 4.69) is 30.3 Å².